The van der Waals surface area contributed by atoms with E-state index in [4.69, 9.17) is 9.84 Å². The molecule has 156 valence electrons. The van der Waals surface area contributed by atoms with E-state index in [-0.39, 0.29) is 11.9 Å². The maximum atomic E-state index is 12.4. The van der Waals surface area contributed by atoms with Crippen molar-refractivity contribution in [3.8, 4) is 5.75 Å². The number of hydrogen-bond acceptors (Lipinski definition) is 6. The zero-order valence-electron chi connectivity index (χ0n) is 17.1. The highest BCUT2D eigenvalue weighted by atomic mass is 16.5. The van der Waals surface area contributed by atoms with Crippen LogP contribution in [0.3, 0.4) is 0 Å². The van der Waals surface area contributed by atoms with Gasteiger partial charge >= 0.3 is 0 Å². The Morgan fingerprint density at radius 1 is 1.07 bits per heavy atom. The largest absolute Gasteiger partial charge is 0.497 e. The van der Waals surface area contributed by atoms with Gasteiger partial charge in [-0.05, 0) is 55.5 Å². The number of fused-ring (bicyclic) bond motifs is 1. The SMILES string of the molecule is COc1ccc(CC(=O)NC2CCN(c3ccc4nnc(C5CC5)n4n3)CC2)cc1. The molecule has 0 bridgehead atoms. The first kappa shape index (κ1) is 18.8. The summed E-state index contributed by atoms with van der Waals surface area (Å²) >= 11 is 0. The highest BCUT2D eigenvalue weighted by Crippen LogP contribution is 2.38. The van der Waals surface area contributed by atoms with Gasteiger partial charge in [0, 0.05) is 25.0 Å². The van der Waals surface area contributed by atoms with Crippen LogP contribution in [0.25, 0.3) is 5.65 Å². The molecule has 8 heteroatoms. The molecule has 1 amide bonds. The van der Waals surface area contributed by atoms with Crippen molar-refractivity contribution in [1.82, 2.24) is 25.1 Å². The van der Waals surface area contributed by atoms with Gasteiger partial charge in [0.25, 0.3) is 0 Å². The third-order valence-corrected chi connectivity index (χ3v) is 5.92. The van der Waals surface area contributed by atoms with Crippen molar-refractivity contribution in [2.24, 2.45) is 0 Å². The van der Waals surface area contributed by atoms with Gasteiger partial charge < -0.3 is 15.0 Å². The molecular formula is C22H26N6O2. The number of aromatic nitrogens is 4. The smallest absolute Gasteiger partial charge is 0.224 e. The lowest BCUT2D eigenvalue weighted by atomic mass is 10.0. The number of carbonyl (C=O) groups is 1. The summed E-state index contributed by atoms with van der Waals surface area (Å²) in [6, 6.07) is 11.8. The Balaban J connectivity index is 1.16. The lowest BCUT2D eigenvalue weighted by molar-refractivity contribution is -0.121. The Hall–Kier alpha value is -3.16. The van der Waals surface area contributed by atoms with Gasteiger partial charge in [-0.3, -0.25) is 4.79 Å². The van der Waals surface area contributed by atoms with Gasteiger partial charge in [0.2, 0.25) is 5.91 Å². The van der Waals surface area contributed by atoms with Crippen LogP contribution in [-0.2, 0) is 11.2 Å². The zero-order chi connectivity index (χ0) is 20.5. The van der Waals surface area contributed by atoms with Crippen molar-refractivity contribution >= 4 is 17.4 Å². The second-order valence-electron chi connectivity index (χ2n) is 8.15. The van der Waals surface area contributed by atoms with Gasteiger partial charge in [0.05, 0.1) is 13.5 Å². The number of amides is 1. The van der Waals surface area contributed by atoms with Gasteiger partial charge in [-0.2, -0.15) is 4.52 Å². The number of ether oxygens (including phenoxy) is 1. The number of rotatable bonds is 6. The molecule has 2 aliphatic rings. The molecule has 1 aromatic carbocycles. The van der Waals surface area contributed by atoms with Crippen LogP contribution in [0, 0.1) is 0 Å². The molecule has 5 rings (SSSR count). The number of carbonyl (C=O) groups excluding carboxylic acids is 1. The standard InChI is InChI=1S/C22H26N6O2/c1-30-18-6-2-15(3-7-18)14-21(29)23-17-10-12-27(13-11-17)20-9-8-19-24-25-22(16-4-5-16)28(19)26-20/h2-3,6-9,16-17H,4-5,10-14H2,1H3,(H,23,29). The van der Waals surface area contributed by atoms with E-state index in [0.717, 1.165) is 54.5 Å². The first-order valence-electron chi connectivity index (χ1n) is 10.6. The van der Waals surface area contributed by atoms with Gasteiger partial charge in [0.15, 0.2) is 11.5 Å². The van der Waals surface area contributed by atoms with E-state index in [1.807, 2.05) is 40.9 Å². The number of piperidine rings is 1. The molecule has 8 nitrogen and oxygen atoms in total. The van der Waals surface area contributed by atoms with Crippen LogP contribution in [0.4, 0.5) is 5.82 Å². The van der Waals surface area contributed by atoms with Crippen molar-refractivity contribution in [1.29, 1.82) is 0 Å². The molecule has 0 radical (unpaired) electrons. The van der Waals surface area contributed by atoms with Gasteiger partial charge in [-0.25, -0.2) is 0 Å². The summed E-state index contributed by atoms with van der Waals surface area (Å²) in [7, 11) is 1.64. The number of methoxy groups -OCH3 is 1. The molecule has 2 fully saturated rings. The number of hydrogen-bond donors (Lipinski definition) is 1. The van der Waals surface area contributed by atoms with E-state index in [1.165, 1.54) is 12.8 Å². The predicted molar refractivity (Wildman–Crippen MR) is 113 cm³/mol. The van der Waals surface area contributed by atoms with Crippen LogP contribution in [0.5, 0.6) is 5.75 Å². The molecule has 0 unspecified atom stereocenters. The molecule has 1 aliphatic heterocycles. The van der Waals surface area contributed by atoms with E-state index >= 15 is 0 Å². The molecular weight excluding hydrogens is 380 g/mol. The summed E-state index contributed by atoms with van der Waals surface area (Å²) in [5.74, 6) is 3.31. The van der Waals surface area contributed by atoms with Crippen molar-refractivity contribution in [3.63, 3.8) is 0 Å². The van der Waals surface area contributed by atoms with Crippen molar-refractivity contribution in [2.75, 3.05) is 25.1 Å². The maximum Gasteiger partial charge on any atom is 0.224 e. The van der Waals surface area contributed by atoms with Crippen LogP contribution < -0.4 is 15.0 Å². The first-order valence-corrected chi connectivity index (χ1v) is 10.6. The van der Waals surface area contributed by atoms with Crippen molar-refractivity contribution < 1.29 is 9.53 Å². The summed E-state index contributed by atoms with van der Waals surface area (Å²) in [4.78, 5) is 14.7. The van der Waals surface area contributed by atoms with Crippen LogP contribution >= 0.6 is 0 Å². The minimum atomic E-state index is 0.0664. The molecule has 1 aliphatic carbocycles. The minimum Gasteiger partial charge on any atom is -0.497 e. The monoisotopic (exact) mass is 406 g/mol. The summed E-state index contributed by atoms with van der Waals surface area (Å²) in [5.41, 5.74) is 1.80. The molecule has 30 heavy (non-hydrogen) atoms. The first-order chi connectivity index (χ1) is 14.7. The van der Waals surface area contributed by atoms with E-state index in [9.17, 15) is 4.79 Å². The highest BCUT2D eigenvalue weighted by Gasteiger charge is 2.30. The van der Waals surface area contributed by atoms with Gasteiger partial charge in [-0.15, -0.1) is 15.3 Å². The molecule has 1 saturated carbocycles. The second kappa shape index (κ2) is 7.93. The summed E-state index contributed by atoms with van der Waals surface area (Å²) < 4.78 is 7.06. The van der Waals surface area contributed by atoms with Crippen molar-refractivity contribution in [3.05, 3.63) is 47.8 Å². The quantitative estimate of drug-likeness (QED) is 0.676. The second-order valence-corrected chi connectivity index (χ2v) is 8.15. The molecule has 1 saturated heterocycles. The van der Waals surface area contributed by atoms with Crippen LogP contribution in [-0.4, -0.2) is 52.0 Å². The lowest BCUT2D eigenvalue weighted by Gasteiger charge is -2.33. The maximum absolute atomic E-state index is 12.4. The van der Waals surface area contributed by atoms with Crippen LogP contribution in [0.2, 0.25) is 0 Å². The normalized spacial score (nSPS) is 17.3. The molecule has 3 aromatic rings. The minimum absolute atomic E-state index is 0.0664. The number of anilines is 1. The summed E-state index contributed by atoms with van der Waals surface area (Å²) in [6.07, 6.45) is 4.56. The Bertz CT molecular complexity index is 1040. The van der Waals surface area contributed by atoms with Gasteiger partial charge in [-0.1, -0.05) is 12.1 Å². The fraction of sp³-hybridized carbons (Fsp3) is 0.455. The Morgan fingerprint density at radius 2 is 1.83 bits per heavy atom. The van der Waals surface area contributed by atoms with Crippen LogP contribution in [0.15, 0.2) is 36.4 Å². The molecule has 1 N–H and O–H groups in total. The van der Waals surface area contributed by atoms with E-state index in [2.05, 4.69) is 20.4 Å². The molecule has 3 heterocycles. The van der Waals surface area contributed by atoms with Crippen LogP contribution in [0.1, 0.15) is 43.0 Å². The average Bonchev–Trinajstić information content (AvgIpc) is 3.53. The number of nitrogens with one attached hydrogen (secondary N) is 1. The Kier molecular flexibility index (Phi) is 4.98. The van der Waals surface area contributed by atoms with E-state index in [0.29, 0.717) is 12.3 Å². The van der Waals surface area contributed by atoms with E-state index < -0.39 is 0 Å². The topological polar surface area (TPSA) is 84.6 Å². The predicted octanol–water partition coefficient (Wildman–Crippen LogP) is 2.34. The fourth-order valence-electron chi connectivity index (χ4n) is 4.02. The molecule has 0 atom stereocenters. The molecule has 2 aromatic heterocycles. The zero-order valence-corrected chi connectivity index (χ0v) is 17.1. The Morgan fingerprint density at radius 3 is 2.53 bits per heavy atom. The summed E-state index contributed by atoms with van der Waals surface area (Å²) in [6.45, 7) is 1.74. The fourth-order valence-corrected chi connectivity index (χ4v) is 4.02. The number of nitrogens with zero attached hydrogens (tertiary/aromatic N) is 5. The third-order valence-electron chi connectivity index (χ3n) is 5.92. The van der Waals surface area contributed by atoms with Gasteiger partial charge in [0.1, 0.15) is 11.6 Å². The Labute approximate surface area is 175 Å². The average molecular weight is 406 g/mol. The number of benzene rings is 1. The highest BCUT2D eigenvalue weighted by molar-refractivity contribution is 5.79. The summed E-state index contributed by atoms with van der Waals surface area (Å²) in [5, 5.41) is 16.5. The van der Waals surface area contributed by atoms with E-state index in [1.54, 1.807) is 7.11 Å². The van der Waals surface area contributed by atoms with Crippen molar-refractivity contribution in [2.45, 2.75) is 44.1 Å². The lowest BCUT2D eigenvalue weighted by Crippen LogP contribution is -2.45. The third kappa shape index (κ3) is 3.94. The molecule has 0 spiro atoms.